The number of ether oxygens (including phenoxy) is 1. The Morgan fingerprint density at radius 3 is 2.48 bits per heavy atom. The van der Waals surface area contributed by atoms with E-state index < -0.39 is 5.60 Å². The predicted molar refractivity (Wildman–Crippen MR) is 92.3 cm³/mol. The Hall–Kier alpha value is -0.820. The van der Waals surface area contributed by atoms with Crippen LogP contribution in [0.4, 0.5) is 4.79 Å². The maximum Gasteiger partial charge on any atom is 0.410 e. The van der Waals surface area contributed by atoms with Crippen molar-refractivity contribution in [1.82, 2.24) is 4.90 Å². The first-order valence-corrected chi connectivity index (χ1v) is 8.33. The van der Waals surface area contributed by atoms with Crippen LogP contribution in [0.5, 0.6) is 0 Å². The Labute approximate surface area is 140 Å². The zero-order valence-electron chi connectivity index (χ0n) is 12.8. The summed E-state index contributed by atoms with van der Waals surface area (Å²) in [4.78, 5) is 13.8. The van der Waals surface area contributed by atoms with Gasteiger partial charge in [0, 0.05) is 28.6 Å². The van der Waals surface area contributed by atoms with Gasteiger partial charge in [-0.25, -0.2) is 4.79 Å². The van der Waals surface area contributed by atoms with Crippen molar-refractivity contribution >= 4 is 28.7 Å². The molecule has 21 heavy (non-hydrogen) atoms. The lowest BCUT2D eigenvalue weighted by Gasteiger charge is -2.37. The molecule has 1 aromatic carbocycles. The fourth-order valence-electron chi connectivity index (χ4n) is 2.60. The highest BCUT2D eigenvalue weighted by atomic mass is 127. The molecule has 0 saturated carbocycles. The van der Waals surface area contributed by atoms with Crippen LogP contribution in [0.15, 0.2) is 24.3 Å². The zero-order chi connectivity index (χ0) is 15.6. The molecule has 116 valence electrons. The van der Waals surface area contributed by atoms with E-state index >= 15 is 0 Å². The monoisotopic (exact) mass is 402 g/mol. The van der Waals surface area contributed by atoms with Gasteiger partial charge in [-0.2, -0.15) is 0 Å². The van der Waals surface area contributed by atoms with Crippen LogP contribution in [0.3, 0.4) is 0 Å². The number of likely N-dealkylation sites (tertiary alicyclic amines) is 1. The zero-order valence-corrected chi connectivity index (χ0v) is 15.0. The Morgan fingerprint density at radius 2 is 1.95 bits per heavy atom. The summed E-state index contributed by atoms with van der Waals surface area (Å²) in [5.74, 6) is 0.306. The van der Waals surface area contributed by atoms with Crippen molar-refractivity contribution in [3.63, 3.8) is 0 Å². The number of rotatable bonds is 1. The minimum atomic E-state index is -0.464. The number of piperidine rings is 1. The number of hydrogen-bond donors (Lipinski definition) is 1. The van der Waals surface area contributed by atoms with Gasteiger partial charge in [-0.1, -0.05) is 12.1 Å². The molecule has 1 heterocycles. The Balaban J connectivity index is 1.99. The maximum atomic E-state index is 12.1. The van der Waals surface area contributed by atoms with E-state index in [2.05, 4.69) is 46.9 Å². The molecule has 1 aromatic rings. The van der Waals surface area contributed by atoms with Gasteiger partial charge in [-0.05, 0) is 67.5 Å². The fourth-order valence-corrected chi connectivity index (χ4v) is 2.96. The second kappa shape index (κ2) is 6.52. The van der Waals surface area contributed by atoms with Gasteiger partial charge in [0.05, 0.1) is 0 Å². The molecule has 2 rings (SSSR count). The van der Waals surface area contributed by atoms with Gasteiger partial charge in [0.25, 0.3) is 0 Å². The summed E-state index contributed by atoms with van der Waals surface area (Å²) in [5, 5.41) is 0. The highest BCUT2D eigenvalue weighted by Crippen LogP contribution is 2.28. The molecule has 0 spiro atoms. The van der Waals surface area contributed by atoms with Crippen molar-refractivity contribution in [3.05, 3.63) is 33.4 Å². The second-order valence-corrected chi connectivity index (χ2v) is 7.78. The summed E-state index contributed by atoms with van der Waals surface area (Å²) in [5.41, 5.74) is 7.08. The van der Waals surface area contributed by atoms with Crippen LogP contribution in [0.25, 0.3) is 0 Å². The molecule has 0 aromatic heterocycles. The molecule has 0 bridgehead atoms. The first-order valence-electron chi connectivity index (χ1n) is 7.25. The first-order chi connectivity index (χ1) is 9.76. The topological polar surface area (TPSA) is 55.6 Å². The minimum Gasteiger partial charge on any atom is -0.444 e. The number of carbonyl (C=O) groups excluding carboxylic acids is 1. The number of hydrogen-bond acceptors (Lipinski definition) is 3. The number of amides is 1. The van der Waals surface area contributed by atoms with E-state index in [1.165, 1.54) is 9.13 Å². The van der Waals surface area contributed by atoms with E-state index in [1.807, 2.05) is 20.8 Å². The lowest BCUT2D eigenvalue weighted by atomic mass is 9.86. The average Bonchev–Trinajstić information content (AvgIpc) is 2.38. The van der Waals surface area contributed by atoms with E-state index in [1.54, 1.807) is 4.90 Å². The van der Waals surface area contributed by atoms with E-state index in [0.29, 0.717) is 19.0 Å². The molecule has 0 radical (unpaired) electrons. The van der Waals surface area contributed by atoms with E-state index in [4.69, 9.17) is 10.5 Å². The summed E-state index contributed by atoms with van der Waals surface area (Å²) in [6, 6.07) is 8.42. The molecule has 1 aliphatic heterocycles. The SMILES string of the molecule is CC(C)(C)OC(=O)N1CC[C@@H](c2ccc(I)cc2)[C@H](N)C1. The summed E-state index contributed by atoms with van der Waals surface area (Å²) in [7, 11) is 0. The molecule has 1 saturated heterocycles. The fraction of sp³-hybridized carbons (Fsp3) is 0.562. The van der Waals surface area contributed by atoms with E-state index in [0.717, 1.165) is 6.42 Å². The Kier molecular flexibility index (Phi) is 5.14. The number of benzene rings is 1. The van der Waals surface area contributed by atoms with Gasteiger partial charge in [-0.15, -0.1) is 0 Å². The first kappa shape index (κ1) is 16.5. The standard InChI is InChI=1S/C16H23IN2O2/c1-16(2,3)21-15(20)19-9-8-13(14(18)10-19)11-4-6-12(17)7-5-11/h4-7,13-14H,8-10,18H2,1-3H3/t13-,14+/m0/s1. The Morgan fingerprint density at radius 1 is 1.33 bits per heavy atom. The van der Waals surface area contributed by atoms with Crippen molar-refractivity contribution in [2.24, 2.45) is 5.73 Å². The Bertz CT molecular complexity index is 496. The van der Waals surface area contributed by atoms with Crippen LogP contribution >= 0.6 is 22.6 Å². The van der Waals surface area contributed by atoms with Crippen LogP contribution in [0, 0.1) is 3.57 Å². The number of carbonyl (C=O) groups is 1. The van der Waals surface area contributed by atoms with Gasteiger partial charge < -0.3 is 15.4 Å². The molecule has 1 fully saturated rings. The molecule has 5 heteroatoms. The summed E-state index contributed by atoms with van der Waals surface area (Å²) < 4.78 is 6.63. The average molecular weight is 402 g/mol. The van der Waals surface area contributed by atoms with Crippen LogP contribution in [-0.2, 0) is 4.74 Å². The quantitative estimate of drug-likeness (QED) is 0.734. The van der Waals surface area contributed by atoms with Crippen molar-refractivity contribution in [2.45, 2.75) is 44.8 Å². The number of nitrogens with two attached hydrogens (primary N) is 1. The van der Waals surface area contributed by atoms with Gasteiger partial charge in [0.2, 0.25) is 0 Å². The van der Waals surface area contributed by atoms with E-state index in [9.17, 15) is 4.79 Å². The van der Waals surface area contributed by atoms with Crippen molar-refractivity contribution < 1.29 is 9.53 Å². The third-order valence-corrected chi connectivity index (χ3v) is 4.33. The van der Waals surface area contributed by atoms with Crippen LogP contribution in [0.1, 0.15) is 38.7 Å². The lowest BCUT2D eigenvalue weighted by Crippen LogP contribution is -2.50. The van der Waals surface area contributed by atoms with Crippen molar-refractivity contribution in [1.29, 1.82) is 0 Å². The highest BCUT2D eigenvalue weighted by molar-refractivity contribution is 14.1. The molecule has 4 nitrogen and oxygen atoms in total. The molecule has 1 aliphatic rings. The lowest BCUT2D eigenvalue weighted by molar-refractivity contribution is 0.0186. The van der Waals surface area contributed by atoms with Gasteiger partial charge in [0.15, 0.2) is 0 Å². The smallest absolute Gasteiger partial charge is 0.410 e. The molecular weight excluding hydrogens is 379 g/mol. The molecule has 2 N–H and O–H groups in total. The van der Waals surface area contributed by atoms with Gasteiger partial charge in [-0.3, -0.25) is 0 Å². The predicted octanol–water partition coefficient (Wildman–Crippen LogP) is 3.34. The van der Waals surface area contributed by atoms with Gasteiger partial charge in [0.1, 0.15) is 5.60 Å². The van der Waals surface area contributed by atoms with Crippen LogP contribution < -0.4 is 5.73 Å². The largest absolute Gasteiger partial charge is 0.444 e. The summed E-state index contributed by atoms with van der Waals surface area (Å²) in [6.45, 7) is 6.88. The highest BCUT2D eigenvalue weighted by Gasteiger charge is 2.32. The summed E-state index contributed by atoms with van der Waals surface area (Å²) >= 11 is 2.30. The van der Waals surface area contributed by atoms with E-state index in [-0.39, 0.29) is 12.1 Å². The minimum absolute atomic E-state index is 0.0497. The van der Waals surface area contributed by atoms with Crippen molar-refractivity contribution in [2.75, 3.05) is 13.1 Å². The molecule has 0 unspecified atom stereocenters. The molecular formula is C16H23IN2O2. The normalized spacial score (nSPS) is 23.0. The summed E-state index contributed by atoms with van der Waals surface area (Å²) in [6.07, 6.45) is 0.611. The van der Waals surface area contributed by atoms with Crippen LogP contribution in [0.2, 0.25) is 0 Å². The van der Waals surface area contributed by atoms with Gasteiger partial charge >= 0.3 is 6.09 Å². The van der Waals surface area contributed by atoms with Crippen molar-refractivity contribution in [3.8, 4) is 0 Å². The second-order valence-electron chi connectivity index (χ2n) is 6.54. The maximum absolute atomic E-state index is 12.1. The molecule has 1 amide bonds. The molecule has 0 aliphatic carbocycles. The number of nitrogens with zero attached hydrogens (tertiary/aromatic N) is 1. The third-order valence-electron chi connectivity index (χ3n) is 3.61. The van der Waals surface area contributed by atoms with Crippen LogP contribution in [-0.4, -0.2) is 35.7 Å². The molecule has 2 atom stereocenters. The number of halogens is 1. The third kappa shape index (κ3) is 4.57.